The van der Waals surface area contributed by atoms with Gasteiger partial charge < -0.3 is 10.3 Å². The van der Waals surface area contributed by atoms with E-state index < -0.39 is 0 Å². The van der Waals surface area contributed by atoms with Gasteiger partial charge in [0.1, 0.15) is 0 Å². The highest BCUT2D eigenvalue weighted by Crippen LogP contribution is 2.34. The van der Waals surface area contributed by atoms with Crippen LogP contribution in [0, 0.1) is 20.8 Å². The number of nitrogens with one attached hydrogen (secondary N) is 2. The fraction of sp³-hybridized carbons (Fsp3) is 0.167. The molecule has 0 saturated carbocycles. The molecule has 0 radical (unpaired) electrons. The molecule has 1 atom stereocenters. The van der Waals surface area contributed by atoms with Crippen LogP contribution in [0.3, 0.4) is 0 Å². The lowest BCUT2D eigenvalue weighted by Gasteiger charge is -2.13. The molecule has 0 aliphatic heterocycles. The van der Waals surface area contributed by atoms with Gasteiger partial charge >= 0.3 is 0 Å². The zero-order chi connectivity index (χ0) is 25.2. The number of fused-ring (bicyclic) bond motifs is 1. The maximum Gasteiger partial charge on any atom is 0.237 e. The number of pyridine rings is 1. The lowest BCUT2D eigenvalue weighted by molar-refractivity contribution is -0.115. The van der Waals surface area contributed by atoms with Crippen LogP contribution >= 0.6 is 11.8 Å². The second kappa shape index (κ2) is 9.99. The number of hydrogen-bond acceptors (Lipinski definition) is 4. The van der Waals surface area contributed by atoms with Gasteiger partial charge in [0.05, 0.1) is 27.8 Å². The zero-order valence-corrected chi connectivity index (χ0v) is 21.6. The number of imidazole rings is 1. The Labute approximate surface area is 215 Å². The zero-order valence-electron chi connectivity index (χ0n) is 20.8. The van der Waals surface area contributed by atoms with E-state index in [1.807, 2.05) is 44.2 Å². The quantitative estimate of drug-likeness (QED) is 0.243. The SMILES string of the molecule is Cc1ccc(-c2nc(SC(C)C(=O)Nc3cc(C)nc4ccccc34)[nH]c2-c2ccc(C)cc2)cc1. The Bertz CT molecular complexity index is 1480. The van der Waals surface area contributed by atoms with Gasteiger partial charge in [0.15, 0.2) is 5.16 Å². The van der Waals surface area contributed by atoms with Gasteiger partial charge in [-0.25, -0.2) is 4.98 Å². The molecule has 0 saturated heterocycles. The number of thioether (sulfide) groups is 1. The minimum atomic E-state index is -0.361. The molecule has 1 amide bonds. The van der Waals surface area contributed by atoms with Crippen LogP contribution in [-0.4, -0.2) is 26.1 Å². The van der Waals surface area contributed by atoms with Crippen LogP contribution in [0.5, 0.6) is 0 Å². The van der Waals surface area contributed by atoms with Crippen molar-refractivity contribution >= 4 is 34.3 Å². The van der Waals surface area contributed by atoms with Crippen LogP contribution in [-0.2, 0) is 4.79 Å². The summed E-state index contributed by atoms with van der Waals surface area (Å²) in [4.78, 5) is 26.2. The summed E-state index contributed by atoms with van der Waals surface area (Å²) in [6.07, 6.45) is 0. The van der Waals surface area contributed by atoms with E-state index in [0.717, 1.165) is 44.8 Å². The maximum atomic E-state index is 13.2. The Morgan fingerprint density at radius 1 is 0.861 bits per heavy atom. The summed E-state index contributed by atoms with van der Waals surface area (Å²) in [5.74, 6) is -0.0825. The number of carbonyl (C=O) groups excluding carboxylic acids is 1. The highest BCUT2D eigenvalue weighted by Gasteiger charge is 2.21. The lowest BCUT2D eigenvalue weighted by atomic mass is 10.0. The third kappa shape index (κ3) is 5.04. The van der Waals surface area contributed by atoms with Crippen molar-refractivity contribution in [1.29, 1.82) is 0 Å². The van der Waals surface area contributed by atoms with Gasteiger partial charge in [-0.3, -0.25) is 9.78 Å². The minimum absolute atomic E-state index is 0.0825. The first kappa shape index (κ1) is 23.8. The topological polar surface area (TPSA) is 70.7 Å². The number of anilines is 1. The largest absolute Gasteiger partial charge is 0.332 e. The molecule has 0 aliphatic rings. The molecule has 0 bridgehead atoms. The molecule has 180 valence electrons. The van der Waals surface area contributed by atoms with Crippen molar-refractivity contribution in [1.82, 2.24) is 15.0 Å². The number of H-pyrrole nitrogens is 1. The number of benzene rings is 3. The fourth-order valence-corrected chi connectivity index (χ4v) is 4.93. The van der Waals surface area contributed by atoms with E-state index in [0.29, 0.717) is 5.16 Å². The molecule has 2 N–H and O–H groups in total. The Morgan fingerprint density at radius 2 is 1.50 bits per heavy atom. The second-order valence-corrected chi connectivity index (χ2v) is 10.4. The van der Waals surface area contributed by atoms with Crippen LogP contribution in [0.4, 0.5) is 5.69 Å². The van der Waals surface area contributed by atoms with Crippen LogP contribution in [0.15, 0.2) is 84.0 Å². The first-order valence-corrected chi connectivity index (χ1v) is 12.8. The van der Waals surface area contributed by atoms with E-state index in [1.165, 1.54) is 22.9 Å². The third-order valence-corrected chi connectivity index (χ3v) is 7.09. The third-order valence-electron chi connectivity index (χ3n) is 6.11. The number of carbonyl (C=O) groups is 1. The standard InChI is InChI=1S/C30H28N4OS/c1-18-9-13-22(14-10-18)27-28(23-15-11-19(2)12-16-23)34-30(33-27)36-21(4)29(35)32-26-17-20(3)31-25-8-6-5-7-24(25)26/h5-17,21H,1-4H3,(H,33,34)(H,31,32,35). The first-order valence-electron chi connectivity index (χ1n) is 12.0. The Hall–Kier alpha value is -3.90. The van der Waals surface area contributed by atoms with Crippen molar-refractivity contribution < 1.29 is 4.79 Å². The summed E-state index contributed by atoms with van der Waals surface area (Å²) in [5, 5.41) is 4.37. The Kier molecular flexibility index (Phi) is 6.61. The normalized spacial score (nSPS) is 12.0. The van der Waals surface area contributed by atoms with Crippen molar-refractivity contribution in [2.75, 3.05) is 5.32 Å². The molecule has 0 fully saturated rings. The molecule has 36 heavy (non-hydrogen) atoms. The average Bonchev–Trinajstić information content (AvgIpc) is 3.28. The number of aromatic nitrogens is 3. The Morgan fingerprint density at radius 3 is 2.19 bits per heavy atom. The van der Waals surface area contributed by atoms with Gasteiger partial charge in [0, 0.05) is 22.2 Å². The molecule has 5 aromatic rings. The summed E-state index contributed by atoms with van der Waals surface area (Å²) in [5.41, 5.74) is 8.83. The van der Waals surface area contributed by atoms with E-state index in [-0.39, 0.29) is 11.2 Å². The summed E-state index contributed by atoms with van der Waals surface area (Å²) < 4.78 is 0. The highest BCUT2D eigenvalue weighted by atomic mass is 32.2. The smallest absolute Gasteiger partial charge is 0.237 e. The van der Waals surface area contributed by atoms with Gasteiger partial charge in [-0.2, -0.15) is 0 Å². The van der Waals surface area contributed by atoms with E-state index in [9.17, 15) is 4.79 Å². The number of aryl methyl sites for hydroxylation is 3. The number of hydrogen-bond donors (Lipinski definition) is 2. The van der Waals surface area contributed by atoms with Crippen molar-refractivity contribution in [3.05, 3.63) is 95.7 Å². The van der Waals surface area contributed by atoms with E-state index in [4.69, 9.17) is 4.98 Å². The van der Waals surface area contributed by atoms with E-state index in [2.05, 4.69) is 77.7 Å². The monoisotopic (exact) mass is 492 g/mol. The lowest BCUT2D eigenvalue weighted by Crippen LogP contribution is -2.22. The number of amides is 1. The molecular weight excluding hydrogens is 464 g/mol. The van der Waals surface area contributed by atoms with Gasteiger partial charge in [0.25, 0.3) is 0 Å². The first-order chi connectivity index (χ1) is 17.4. The fourth-order valence-electron chi connectivity index (χ4n) is 4.12. The molecule has 3 aromatic carbocycles. The van der Waals surface area contributed by atoms with Crippen molar-refractivity contribution in [2.24, 2.45) is 0 Å². The molecule has 2 heterocycles. The average molecular weight is 493 g/mol. The van der Waals surface area contributed by atoms with Crippen LogP contribution in [0.1, 0.15) is 23.7 Å². The highest BCUT2D eigenvalue weighted by molar-refractivity contribution is 8.00. The van der Waals surface area contributed by atoms with Crippen LogP contribution in [0.2, 0.25) is 0 Å². The van der Waals surface area contributed by atoms with E-state index >= 15 is 0 Å². The summed E-state index contributed by atoms with van der Waals surface area (Å²) >= 11 is 1.42. The minimum Gasteiger partial charge on any atom is -0.332 e. The molecule has 6 heteroatoms. The summed E-state index contributed by atoms with van der Waals surface area (Å²) in [6, 6.07) is 26.5. The maximum absolute atomic E-state index is 13.2. The molecule has 5 nitrogen and oxygen atoms in total. The molecule has 0 spiro atoms. The molecule has 5 rings (SSSR count). The van der Waals surface area contributed by atoms with Gasteiger partial charge in [-0.1, -0.05) is 89.6 Å². The van der Waals surface area contributed by atoms with Gasteiger partial charge in [0.2, 0.25) is 5.91 Å². The number of aromatic amines is 1. The number of nitrogens with zero attached hydrogens (tertiary/aromatic N) is 2. The molecule has 0 aliphatic carbocycles. The van der Waals surface area contributed by atoms with Crippen molar-refractivity contribution in [3.8, 4) is 22.5 Å². The summed E-state index contributed by atoms with van der Waals surface area (Å²) in [6.45, 7) is 7.98. The van der Waals surface area contributed by atoms with Crippen molar-refractivity contribution in [3.63, 3.8) is 0 Å². The second-order valence-electron chi connectivity index (χ2n) is 9.08. The predicted molar refractivity (Wildman–Crippen MR) is 149 cm³/mol. The van der Waals surface area contributed by atoms with Crippen LogP contribution in [0.25, 0.3) is 33.4 Å². The van der Waals surface area contributed by atoms with Crippen LogP contribution < -0.4 is 5.32 Å². The number of rotatable bonds is 6. The predicted octanol–water partition coefficient (Wildman–Crippen LogP) is 7.34. The van der Waals surface area contributed by atoms with E-state index in [1.54, 1.807) is 0 Å². The Balaban J connectivity index is 1.43. The molecule has 2 aromatic heterocycles. The van der Waals surface area contributed by atoms with Crippen molar-refractivity contribution in [2.45, 2.75) is 38.1 Å². The van der Waals surface area contributed by atoms with Gasteiger partial charge in [-0.05, 0) is 39.8 Å². The number of para-hydroxylation sites is 1. The summed E-state index contributed by atoms with van der Waals surface area (Å²) in [7, 11) is 0. The van der Waals surface area contributed by atoms with Gasteiger partial charge in [-0.15, -0.1) is 0 Å². The molecule has 1 unspecified atom stereocenters. The molecular formula is C30H28N4OS.